The molecule has 0 saturated carbocycles. The first-order valence-electron chi connectivity index (χ1n) is 12.6. The van der Waals surface area contributed by atoms with Gasteiger partial charge in [-0.05, 0) is 60.4 Å². The Balaban J connectivity index is 1.32. The first kappa shape index (κ1) is 25.2. The number of aromatic amines is 1. The third-order valence-corrected chi connectivity index (χ3v) is 9.23. The molecule has 0 bridgehead atoms. The zero-order valence-electron chi connectivity index (χ0n) is 20.8. The van der Waals surface area contributed by atoms with E-state index in [9.17, 15) is 13.2 Å². The molecular formula is C30H25ClN4O3S. The summed E-state index contributed by atoms with van der Waals surface area (Å²) in [5.41, 5.74) is 4.48. The first-order chi connectivity index (χ1) is 18.9. The number of carbonyl (C=O) groups is 1. The molecule has 7 nitrogen and oxygen atoms in total. The molecule has 1 aliphatic rings. The number of fused-ring (bicyclic) bond motifs is 2. The van der Waals surface area contributed by atoms with Crippen molar-refractivity contribution in [3.8, 4) is 0 Å². The van der Waals surface area contributed by atoms with E-state index in [2.05, 4.69) is 10.3 Å². The predicted octanol–water partition coefficient (Wildman–Crippen LogP) is 5.68. The van der Waals surface area contributed by atoms with Gasteiger partial charge >= 0.3 is 0 Å². The van der Waals surface area contributed by atoms with Crippen molar-refractivity contribution in [2.24, 2.45) is 0 Å². The van der Waals surface area contributed by atoms with Crippen molar-refractivity contribution in [1.82, 2.24) is 15.3 Å². The highest BCUT2D eigenvalue weighted by atomic mass is 35.5. The number of sulfonamides is 1. The van der Waals surface area contributed by atoms with E-state index in [-0.39, 0.29) is 15.5 Å². The molecule has 2 heterocycles. The van der Waals surface area contributed by atoms with Gasteiger partial charge < -0.3 is 10.3 Å². The van der Waals surface area contributed by atoms with Crippen LogP contribution in [-0.4, -0.2) is 30.8 Å². The molecule has 2 N–H and O–H groups in total. The number of aromatic nitrogens is 2. The molecule has 1 aromatic heterocycles. The fourth-order valence-corrected chi connectivity index (χ4v) is 6.97. The number of imidazole rings is 1. The van der Waals surface area contributed by atoms with E-state index in [1.807, 2.05) is 72.8 Å². The van der Waals surface area contributed by atoms with Gasteiger partial charge in [-0.3, -0.25) is 9.10 Å². The van der Waals surface area contributed by atoms with E-state index in [4.69, 9.17) is 16.6 Å². The quantitative estimate of drug-likeness (QED) is 0.269. The lowest BCUT2D eigenvalue weighted by molar-refractivity contribution is 0.0934. The van der Waals surface area contributed by atoms with Gasteiger partial charge in [-0.15, -0.1) is 0 Å². The van der Waals surface area contributed by atoms with Crippen LogP contribution in [0.4, 0.5) is 5.69 Å². The highest BCUT2D eigenvalue weighted by Crippen LogP contribution is 2.35. The topological polar surface area (TPSA) is 95.2 Å². The Bertz CT molecular complexity index is 1750. The molecule has 9 heteroatoms. The standard InChI is InChI=1S/C30H25ClN4O3S/c31-23-15-14-22(19-28(23)39(37,38)35-17-16-21-10-4-7-13-27(21)35)30(36)34-26(18-20-8-2-1-3-9-20)29-32-24-11-5-6-12-25(24)33-29/h1-15,19,26H,16-18H2,(H,32,33)(H,34,36). The molecule has 1 atom stereocenters. The lowest BCUT2D eigenvalue weighted by Crippen LogP contribution is -2.32. The van der Waals surface area contributed by atoms with Crippen molar-refractivity contribution in [3.05, 3.63) is 125 Å². The van der Waals surface area contributed by atoms with Crippen molar-refractivity contribution in [3.63, 3.8) is 0 Å². The van der Waals surface area contributed by atoms with Crippen LogP contribution in [0, 0.1) is 0 Å². The average molecular weight is 557 g/mol. The van der Waals surface area contributed by atoms with E-state index >= 15 is 0 Å². The summed E-state index contributed by atoms with van der Waals surface area (Å²) in [5.74, 6) is 0.190. The fourth-order valence-electron chi connectivity index (χ4n) is 4.96. The Morgan fingerprint density at radius 1 is 0.974 bits per heavy atom. The number of benzene rings is 4. The van der Waals surface area contributed by atoms with Gasteiger partial charge in [0.1, 0.15) is 10.7 Å². The monoisotopic (exact) mass is 556 g/mol. The van der Waals surface area contributed by atoms with Crippen molar-refractivity contribution in [1.29, 1.82) is 0 Å². The van der Waals surface area contributed by atoms with Crippen LogP contribution < -0.4 is 9.62 Å². The van der Waals surface area contributed by atoms with Gasteiger partial charge in [0.2, 0.25) is 0 Å². The maximum atomic E-state index is 13.7. The Hall–Kier alpha value is -4.14. The Kier molecular flexibility index (Phi) is 6.58. The maximum Gasteiger partial charge on any atom is 0.265 e. The van der Waals surface area contributed by atoms with Crippen molar-refractivity contribution in [2.45, 2.75) is 23.8 Å². The highest BCUT2D eigenvalue weighted by molar-refractivity contribution is 7.93. The minimum Gasteiger partial charge on any atom is -0.342 e. The molecule has 196 valence electrons. The molecule has 0 aliphatic carbocycles. The molecular weight excluding hydrogens is 532 g/mol. The van der Waals surface area contributed by atoms with Crippen LogP contribution in [0.15, 0.2) is 102 Å². The van der Waals surface area contributed by atoms with E-state index in [1.54, 1.807) is 6.07 Å². The summed E-state index contributed by atoms with van der Waals surface area (Å²) < 4.78 is 28.7. The van der Waals surface area contributed by atoms with Crippen LogP contribution in [0.2, 0.25) is 5.02 Å². The third-order valence-electron chi connectivity index (χ3n) is 6.93. The Morgan fingerprint density at radius 3 is 2.54 bits per heavy atom. The van der Waals surface area contributed by atoms with Crippen LogP contribution >= 0.6 is 11.6 Å². The molecule has 1 unspecified atom stereocenters. The number of para-hydroxylation sites is 3. The molecule has 4 aromatic carbocycles. The van der Waals surface area contributed by atoms with Crippen LogP contribution in [0.1, 0.15) is 33.4 Å². The number of amides is 1. The van der Waals surface area contributed by atoms with Gasteiger partial charge in [-0.1, -0.05) is 72.3 Å². The lowest BCUT2D eigenvalue weighted by atomic mass is 10.0. The number of carbonyl (C=O) groups excluding carboxylic acids is 1. The van der Waals surface area contributed by atoms with E-state index in [0.29, 0.717) is 30.9 Å². The average Bonchev–Trinajstić information content (AvgIpc) is 3.58. The Morgan fingerprint density at radius 2 is 1.72 bits per heavy atom. The largest absolute Gasteiger partial charge is 0.342 e. The lowest BCUT2D eigenvalue weighted by Gasteiger charge is -2.21. The number of anilines is 1. The fraction of sp³-hybridized carbons (Fsp3) is 0.133. The van der Waals surface area contributed by atoms with Crippen LogP contribution in [0.5, 0.6) is 0 Å². The molecule has 39 heavy (non-hydrogen) atoms. The number of nitrogens with one attached hydrogen (secondary N) is 2. The number of rotatable bonds is 7. The summed E-state index contributed by atoms with van der Waals surface area (Å²) in [6, 6.07) is 28.7. The summed E-state index contributed by atoms with van der Waals surface area (Å²) in [6.45, 7) is 0.319. The minimum absolute atomic E-state index is 0.0639. The highest BCUT2D eigenvalue weighted by Gasteiger charge is 2.33. The van der Waals surface area contributed by atoms with Crippen LogP contribution in [-0.2, 0) is 22.9 Å². The summed E-state index contributed by atoms with van der Waals surface area (Å²) in [5, 5.41) is 3.12. The molecule has 6 rings (SSSR count). The van der Waals surface area contributed by atoms with Crippen molar-refractivity contribution in [2.75, 3.05) is 10.8 Å². The zero-order valence-corrected chi connectivity index (χ0v) is 22.4. The second-order valence-electron chi connectivity index (χ2n) is 9.46. The first-order valence-corrected chi connectivity index (χ1v) is 14.4. The van der Waals surface area contributed by atoms with Crippen LogP contribution in [0.3, 0.4) is 0 Å². The summed E-state index contributed by atoms with van der Waals surface area (Å²) in [7, 11) is -3.98. The molecule has 1 amide bonds. The van der Waals surface area contributed by atoms with Gasteiger partial charge in [0.05, 0.1) is 27.8 Å². The molecule has 0 radical (unpaired) electrons. The van der Waals surface area contributed by atoms with Gasteiger partial charge in [0, 0.05) is 12.1 Å². The number of hydrogen-bond acceptors (Lipinski definition) is 4. The van der Waals surface area contributed by atoms with Gasteiger partial charge in [0.25, 0.3) is 15.9 Å². The molecule has 0 saturated heterocycles. The van der Waals surface area contributed by atoms with Crippen LogP contribution in [0.25, 0.3) is 11.0 Å². The number of halogens is 1. The molecule has 0 spiro atoms. The SMILES string of the molecule is O=C(NC(Cc1ccccc1)c1nc2ccccc2[nH]1)c1ccc(Cl)c(S(=O)(=O)N2CCc3ccccc32)c1. The summed E-state index contributed by atoms with van der Waals surface area (Å²) in [6.07, 6.45) is 1.11. The number of H-pyrrole nitrogens is 1. The van der Waals surface area contributed by atoms with E-state index < -0.39 is 22.0 Å². The van der Waals surface area contributed by atoms with Crippen molar-refractivity contribution < 1.29 is 13.2 Å². The van der Waals surface area contributed by atoms with Gasteiger partial charge in [-0.25, -0.2) is 13.4 Å². The molecule has 5 aromatic rings. The maximum absolute atomic E-state index is 13.7. The van der Waals surface area contributed by atoms with E-state index in [1.165, 1.54) is 22.5 Å². The third kappa shape index (κ3) is 4.89. The zero-order chi connectivity index (χ0) is 27.0. The second-order valence-corrected chi connectivity index (χ2v) is 11.7. The van der Waals surface area contributed by atoms with Gasteiger partial charge in [0.15, 0.2) is 0 Å². The summed E-state index contributed by atoms with van der Waals surface area (Å²) >= 11 is 6.39. The summed E-state index contributed by atoms with van der Waals surface area (Å²) in [4.78, 5) is 21.5. The minimum atomic E-state index is -3.98. The second kappa shape index (κ2) is 10.2. The number of hydrogen-bond donors (Lipinski definition) is 2. The Labute approximate surface area is 231 Å². The van der Waals surface area contributed by atoms with E-state index in [0.717, 1.165) is 22.2 Å². The number of nitrogens with zero attached hydrogens (tertiary/aromatic N) is 2. The normalized spacial score (nSPS) is 13.8. The molecule has 0 fully saturated rings. The van der Waals surface area contributed by atoms with Gasteiger partial charge in [-0.2, -0.15) is 0 Å². The predicted molar refractivity (Wildman–Crippen MR) is 153 cm³/mol. The van der Waals surface area contributed by atoms with Crippen molar-refractivity contribution >= 4 is 44.3 Å². The smallest absolute Gasteiger partial charge is 0.265 e. The molecule has 1 aliphatic heterocycles.